The number of anilines is 3. The molecule has 0 fully saturated rings. The predicted octanol–water partition coefficient (Wildman–Crippen LogP) is 13.6. The lowest BCUT2D eigenvalue weighted by Crippen LogP contribution is -2.16. The Balaban J connectivity index is 1.06. The summed E-state index contributed by atoms with van der Waals surface area (Å²) in [6.45, 7) is 4.74. The molecule has 1 aliphatic rings. The van der Waals surface area contributed by atoms with Crippen molar-refractivity contribution in [3.63, 3.8) is 0 Å². The van der Waals surface area contributed by atoms with E-state index in [0.717, 1.165) is 17.1 Å². The van der Waals surface area contributed by atoms with Crippen LogP contribution < -0.4 is 4.90 Å². The first-order valence-electron chi connectivity index (χ1n) is 17.4. The van der Waals surface area contributed by atoms with Gasteiger partial charge in [0.2, 0.25) is 0 Å². The summed E-state index contributed by atoms with van der Waals surface area (Å²) in [7, 11) is 0. The lowest BCUT2D eigenvalue weighted by atomic mass is 9.81. The lowest BCUT2D eigenvalue weighted by Gasteiger charge is -2.28. The Hall–Kier alpha value is -6.18. The van der Waals surface area contributed by atoms with Crippen molar-refractivity contribution in [2.24, 2.45) is 0 Å². The third-order valence-electron chi connectivity index (χ3n) is 10.5. The molecule has 1 heteroatoms. The summed E-state index contributed by atoms with van der Waals surface area (Å²) in [5, 5.41) is 2.54. The third kappa shape index (κ3) is 5.19. The number of fused-ring (bicyclic) bond motifs is 4. The van der Waals surface area contributed by atoms with E-state index in [1.807, 2.05) is 0 Å². The Kier molecular flexibility index (Phi) is 7.21. The van der Waals surface area contributed by atoms with E-state index in [2.05, 4.69) is 207 Å². The molecule has 0 aromatic heterocycles. The van der Waals surface area contributed by atoms with E-state index >= 15 is 0 Å². The molecule has 0 radical (unpaired) electrons. The molecule has 8 aromatic rings. The van der Waals surface area contributed by atoms with Crippen molar-refractivity contribution in [3.05, 3.63) is 199 Å². The highest BCUT2D eigenvalue weighted by atomic mass is 15.1. The van der Waals surface area contributed by atoms with Gasteiger partial charge in [0, 0.05) is 22.5 Å². The van der Waals surface area contributed by atoms with Crippen molar-refractivity contribution in [1.82, 2.24) is 0 Å². The Labute approximate surface area is 294 Å². The Morgan fingerprint density at radius 2 is 0.760 bits per heavy atom. The molecule has 0 saturated carbocycles. The Morgan fingerprint density at radius 3 is 1.44 bits per heavy atom. The maximum atomic E-state index is 2.42. The summed E-state index contributed by atoms with van der Waals surface area (Å²) in [4.78, 5) is 2.38. The Morgan fingerprint density at radius 1 is 0.320 bits per heavy atom. The van der Waals surface area contributed by atoms with Crippen LogP contribution in [0.4, 0.5) is 17.1 Å². The Bertz CT molecular complexity index is 2470. The van der Waals surface area contributed by atoms with Crippen LogP contribution in [0, 0.1) is 0 Å². The summed E-state index contributed by atoms with van der Waals surface area (Å²) in [6.07, 6.45) is 0. The number of rotatable bonds is 6. The fraction of sp³-hybridized carbons (Fsp3) is 0.0612. The van der Waals surface area contributed by atoms with Crippen LogP contribution in [-0.2, 0) is 5.41 Å². The smallest absolute Gasteiger partial charge is 0.0465 e. The fourth-order valence-corrected chi connectivity index (χ4v) is 7.73. The molecule has 8 aromatic carbocycles. The van der Waals surface area contributed by atoms with Crippen molar-refractivity contribution in [3.8, 4) is 44.5 Å². The van der Waals surface area contributed by atoms with Gasteiger partial charge < -0.3 is 4.90 Å². The summed E-state index contributed by atoms with van der Waals surface area (Å²) in [6, 6.07) is 68.5. The topological polar surface area (TPSA) is 3.24 Å². The monoisotopic (exact) mass is 639 g/mol. The van der Waals surface area contributed by atoms with Crippen molar-refractivity contribution >= 4 is 27.8 Å². The maximum absolute atomic E-state index is 2.42. The van der Waals surface area contributed by atoms with E-state index in [1.54, 1.807) is 0 Å². The zero-order valence-electron chi connectivity index (χ0n) is 28.3. The van der Waals surface area contributed by atoms with Gasteiger partial charge in [0.15, 0.2) is 0 Å². The van der Waals surface area contributed by atoms with Crippen LogP contribution in [-0.4, -0.2) is 0 Å². The van der Waals surface area contributed by atoms with Gasteiger partial charge in [-0.1, -0.05) is 153 Å². The quantitative estimate of drug-likeness (QED) is 0.175. The molecule has 238 valence electrons. The van der Waals surface area contributed by atoms with Crippen LogP contribution in [0.25, 0.3) is 55.3 Å². The number of para-hydroxylation sites is 1. The van der Waals surface area contributed by atoms with Crippen LogP contribution in [0.3, 0.4) is 0 Å². The van der Waals surface area contributed by atoms with E-state index in [4.69, 9.17) is 0 Å². The van der Waals surface area contributed by atoms with Gasteiger partial charge in [-0.15, -0.1) is 0 Å². The summed E-state index contributed by atoms with van der Waals surface area (Å²) < 4.78 is 0. The highest BCUT2D eigenvalue weighted by Gasteiger charge is 2.36. The molecule has 0 N–H and O–H groups in total. The van der Waals surface area contributed by atoms with Crippen LogP contribution in [0.15, 0.2) is 188 Å². The molecular formula is C49H37N. The van der Waals surface area contributed by atoms with Gasteiger partial charge in [0.1, 0.15) is 0 Å². The van der Waals surface area contributed by atoms with Gasteiger partial charge in [0.05, 0.1) is 0 Å². The van der Waals surface area contributed by atoms with Crippen LogP contribution >= 0.6 is 0 Å². The van der Waals surface area contributed by atoms with E-state index in [1.165, 1.54) is 66.4 Å². The zero-order chi connectivity index (χ0) is 33.7. The number of hydrogen-bond acceptors (Lipinski definition) is 1. The summed E-state index contributed by atoms with van der Waals surface area (Å²) >= 11 is 0. The highest BCUT2D eigenvalue weighted by molar-refractivity contribution is 5.90. The molecule has 0 atom stereocenters. The normalized spacial score (nSPS) is 12.8. The molecule has 1 aliphatic carbocycles. The van der Waals surface area contributed by atoms with Crippen molar-refractivity contribution in [2.45, 2.75) is 19.3 Å². The second-order valence-corrected chi connectivity index (χ2v) is 13.8. The first-order valence-corrected chi connectivity index (χ1v) is 17.4. The van der Waals surface area contributed by atoms with E-state index in [9.17, 15) is 0 Å². The van der Waals surface area contributed by atoms with Crippen LogP contribution in [0.5, 0.6) is 0 Å². The van der Waals surface area contributed by atoms with Gasteiger partial charge in [-0.25, -0.2) is 0 Å². The highest BCUT2D eigenvalue weighted by Crippen LogP contribution is 2.51. The molecule has 0 saturated heterocycles. The molecule has 1 nitrogen and oxygen atoms in total. The van der Waals surface area contributed by atoms with Crippen molar-refractivity contribution in [1.29, 1.82) is 0 Å². The molecule has 0 amide bonds. The fourth-order valence-electron chi connectivity index (χ4n) is 7.73. The number of nitrogens with zero attached hydrogens (tertiary/aromatic N) is 1. The lowest BCUT2D eigenvalue weighted by molar-refractivity contribution is 0.660. The number of hydrogen-bond donors (Lipinski definition) is 0. The van der Waals surface area contributed by atoms with Gasteiger partial charge in [0.25, 0.3) is 0 Å². The molecule has 0 bridgehead atoms. The standard InChI is InChI=1S/C49H37N/c1-49(2)47-32-41(40-22-21-35-13-9-10-14-39(35)31-40)25-29-45(47)46-30-28-44(33-48(46)49)50(42-15-7-4-8-16-42)43-26-23-38(24-27-43)37-19-17-36(18-20-37)34-11-5-3-6-12-34/h3-33H,1-2H3. The first-order chi connectivity index (χ1) is 24.5. The van der Waals surface area contributed by atoms with Gasteiger partial charge >= 0.3 is 0 Å². The minimum atomic E-state index is -0.147. The van der Waals surface area contributed by atoms with Gasteiger partial charge in [-0.05, 0) is 115 Å². The second-order valence-electron chi connectivity index (χ2n) is 13.8. The van der Waals surface area contributed by atoms with Crippen molar-refractivity contribution in [2.75, 3.05) is 4.90 Å². The maximum Gasteiger partial charge on any atom is 0.0465 e. The van der Waals surface area contributed by atoms with Gasteiger partial charge in [-0.3, -0.25) is 0 Å². The summed E-state index contributed by atoms with van der Waals surface area (Å²) in [5.41, 5.74) is 16.1. The molecule has 0 heterocycles. The second kappa shape index (κ2) is 12.1. The molecular weight excluding hydrogens is 603 g/mol. The number of benzene rings is 8. The molecule has 50 heavy (non-hydrogen) atoms. The van der Waals surface area contributed by atoms with E-state index in [-0.39, 0.29) is 5.41 Å². The first kappa shape index (κ1) is 29.9. The van der Waals surface area contributed by atoms with Crippen molar-refractivity contribution < 1.29 is 0 Å². The average molecular weight is 640 g/mol. The molecule has 9 rings (SSSR count). The minimum absolute atomic E-state index is 0.147. The third-order valence-corrected chi connectivity index (χ3v) is 10.5. The molecule has 0 aliphatic heterocycles. The van der Waals surface area contributed by atoms with Gasteiger partial charge in [-0.2, -0.15) is 0 Å². The predicted molar refractivity (Wildman–Crippen MR) is 213 cm³/mol. The molecule has 0 unspecified atom stereocenters. The van der Waals surface area contributed by atoms with E-state index in [0.29, 0.717) is 0 Å². The minimum Gasteiger partial charge on any atom is -0.310 e. The van der Waals surface area contributed by atoms with Crippen LogP contribution in [0.1, 0.15) is 25.0 Å². The SMILES string of the molecule is CC1(C)c2cc(-c3ccc4ccccc4c3)ccc2-c2ccc(N(c3ccccc3)c3ccc(-c4ccc(-c5ccccc5)cc4)cc3)cc21. The summed E-state index contributed by atoms with van der Waals surface area (Å²) in [5.74, 6) is 0. The molecule has 0 spiro atoms. The average Bonchev–Trinajstić information content (AvgIpc) is 3.41. The largest absolute Gasteiger partial charge is 0.310 e. The zero-order valence-corrected chi connectivity index (χ0v) is 28.3. The van der Waals surface area contributed by atoms with E-state index < -0.39 is 0 Å². The van der Waals surface area contributed by atoms with Crippen LogP contribution in [0.2, 0.25) is 0 Å².